The molecule has 2 aromatic rings. The number of ether oxygens (including phenoxy) is 4. The van der Waals surface area contributed by atoms with Gasteiger partial charge in [0, 0.05) is 25.6 Å². The van der Waals surface area contributed by atoms with E-state index in [1.54, 1.807) is 21.3 Å². The van der Waals surface area contributed by atoms with Crippen LogP contribution in [0.1, 0.15) is 5.56 Å². The van der Waals surface area contributed by atoms with Gasteiger partial charge < -0.3 is 23.8 Å². The maximum Gasteiger partial charge on any atom is 0.321 e. The number of aromatic nitrogens is 2. The summed E-state index contributed by atoms with van der Waals surface area (Å²) in [5.74, 6) is 2.12. The van der Waals surface area contributed by atoms with Gasteiger partial charge in [0.2, 0.25) is 5.88 Å². The van der Waals surface area contributed by atoms with Gasteiger partial charge in [-0.05, 0) is 17.7 Å². The number of methoxy groups -OCH3 is 3. The van der Waals surface area contributed by atoms with Gasteiger partial charge >= 0.3 is 6.01 Å². The van der Waals surface area contributed by atoms with Crippen molar-refractivity contribution < 1.29 is 18.9 Å². The normalized spacial score (nSPS) is 17.2. The summed E-state index contributed by atoms with van der Waals surface area (Å²) in [5.41, 5.74) is 1.18. The Kier molecular flexibility index (Phi) is 5.55. The van der Waals surface area contributed by atoms with E-state index < -0.39 is 0 Å². The predicted octanol–water partition coefficient (Wildman–Crippen LogP) is 1.95. The van der Waals surface area contributed by atoms with Crippen LogP contribution in [0.3, 0.4) is 0 Å². The SMILES string of the molecule is COc1cccc(C[C@@H]2CN(c3cc(OC)nc(OC)n3)CCO2)c1. The maximum absolute atomic E-state index is 5.93. The molecule has 7 nitrogen and oxygen atoms in total. The quantitative estimate of drug-likeness (QED) is 0.793. The lowest BCUT2D eigenvalue weighted by molar-refractivity contribution is 0.0407. The fourth-order valence-electron chi connectivity index (χ4n) is 2.86. The van der Waals surface area contributed by atoms with E-state index in [2.05, 4.69) is 20.9 Å². The molecule has 7 heteroatoms. The molecule has 0 amide bonds. The molecule has 1 fully saturated rings. The molecular weight excluding hydrogens is 322 g/mol. The Bertz CT molecular complexity index is 688. The molecule has 1 aliphatic heterocycles. The van der Waals surface area contributed by atoms with Crippen LogP contribution in [-0.2, 0) is 11.2 Å². The summed E-state index contributed by atoms with van der Waals surface area (Å²) >= 11 is 0. The average molecular weight is 345 g/mol. The summed E-state index contributed by atoms with van der Waals surface area (Å²) < 4.78 is 21.6. The van der Waals surface area contributed by atoms with Gasteiger partial charge in [-0.1, -0.05) is 12.1 Å². The standard InChI is InChI=1S/C18H23N3O4/c1-22-14-6-4-5-13(9-14)10-15-12-21(7-8-25-15)16-11-17(23-2)20-18(19-16)24-3/h4-6,9,11,15H,7-8,10,12H2,1-3H3/t15-/m1/s1. The summed E-state index contributed by atoms with van der Waals surface area (Å²) in [6.45, 7) is 2.14. The Labute approximate surface area is 147 Å². The molecule has 0 unspecified atom stereocenters. The Balaban J connectivity index is 1.72. The first kappa shape index (κ1) is 17.3. The zero-order valence-electron chi connectivity index (χ0n) is 14.8. The minimum atomic E-state index is 0.0767. The lowest BCUT2D eigenvalue weighted by atomic mass is 10.1. The number of rotatable bonds is 6. The number of morpholine rings is 1. The second kappa shape index (κ2) is 8.02. The van der Waals surface area contributed by atoms with Crippen molar-refractivity contribution in [1.82, 2.24) is 9.97 Å². The molecule has 0 spiro atoms. The van der Waals surface area contributed by atoms with Crippen molar-refractivity contribution in [3.05, 3.63) is 35.9 Å². The van der Waals surface area contributed by atoms with Gasteiger partial charge in [-0.25, -0.2) is 0 Å². The van der Waals surface area contributed by atoms with Crippen molar-refractivity contribution in [3.63, 3.8) is 0 Å². The molecule has 1 aromatic heterocycles. The van der Waals surface area contributed by atoms with Gasteiger partial charge in [0.05, 0.1) is 34.0 Å². The smallest absolute Gasteiger partial charge is 0.321 e. The van der Waals surface area contributed by atoms with E-state index in [0.29, 0.717) is 18.5 Å². The third kappa shape index (κ3) is 4.30. The minimum Gasteiger partial charge on any atom is -0.497 e. The zero-order chi connectivity index (χ0) is 17.6. The van der Waals surface area contributed by atoms with E-state index in [1.165, 1.54) is 5.56 Å². The lowest BCUT2D eigenvalue weighted by Crippen LogP contribution is -2.43. The van der Waals surface area contributed by atoms with Crippen molar-refractivity contribution >= 4 is 5.82 Å². The first-order valence-corrected chi connectivity index (χ1v) is 8.18. The van der Waals surface area contributed by atoms with E-state index in [0.717, 1.165) is 31.1 Å². The molecule has 1 atom stereocenters. The van der Waals surface area contributed by atoms with Crippen molar-refractivity contribution in [3.8, 4) is 17.6 Å². The minimum absolute atomic E-state index is 0.0767. The van der Waals surface area contributed by atoms with Crippen molar-refractivity contribution in [2.24, 2.45) is 0 Å². The predicted molar refractivity (Wildman–Crippen MR) is 93.8 cm³/mol. The Morgan fingerprint density at radius 2 is 2.00 bits per heavy atom. The van der Waals surface area contributed by atoms with Gasteiger partial charge in [-0.2, -0.15) is 9.97 Å². The molecular formula is C18H23N3O4. The third-order valence-electron chi connectivity index (χ3n) is 4.12. The summed E-state index contributed by atoms with van der Waals surface area (Å²) in [6.07, 6.45) is 0.889. The summed E-state index contributed by atoms with van der Waals surface area (Å²) in [4.78, 5) is 10.7. The molecule has 134 valence electrons. The lowest BCUT2D eigenvalue weighted by Gasteiger charge is -2.34. The molecule has 0 radical (unpaired) electrons. The highest BCUT2D eigenvalue weighted by Crippen LogP contribution is 2.24. The van der Waals surface area contributed by atoms with Crippen LogP contribution in [-0.4, -0.2) is 57.1 Å². The fourth-order valence-corrected chi connectivity index (χ4v) is 2.86. The van der Waals surface area contributed by atoms with Crippen LogP contribution in [0.25, 0.3) is 0 Å². The topological polar surface area (TPSA) is 65.9 Å². The highest BCUT2D eigenvalue weighted by atomic mass is 16.5. The molecule has 3 rings (SSSR count). The number of hydrogen-bond acceptors (Lipinski definition) is 7. The molecule has 1 aliphatic rings. The number of anilines is 1. The first-order valence-electron chi connectivity index (χ1n) is 8.18. The molecule has 0 saturated carbocycles. The largest absolute Gasteiger partial charge is 0.497 e. The van der Waals surface area contributed by atoms with E-state index in [-0.39, 0.29) is 6.10 Å². The van der Waals surface area contributed by atoms with Crippen LogP contribution >= 0.6 is 0 Å². The number of nitrogens with zero attached hydrogens (tertiary/aromatic N) is 3. The van der Waals surface area contributed by atoms with Crippen LogP contribution in [0.15, 0.2) is 30.3 Å². The van der Waals surface area contributed by atoms with Crippen molar-refractivity contribution in [2.75, 3.05) is 45.9 Å². The molecule has 0 N–H and O–H groups in total. The average Bonchev–Trinajstić information content (AvgIpc) is 2.68. The first-order chi connectivity index (χ1) is 12.2. The van der Waals surface area contributed by atoms with E-state index in [9.17, 15) is 0 Å². The second-order valence-corrected chi connectivity index (χ2v) is 5.75. The van der Waals surface area contributed by atoms with Gasteiger partial charge in [-0.3, -0.25) is 0 Å². The Hall–Kier alpha value is -2.54. The summed E-state index contributed by atoms with van der Waals surface area (Å²) in [5, 5.41) is 0. The Morgan fingerprint density at radius 1 is 1.12 bits per heavy atom. The van der Waals surface area contributed by atoms with Crippen LogP contribution < -0.4 is 19.1 Å². The summed E-state index contributed by atoms with van der Waals surface area (Å²) in [6, 6.07) is 10.2. The van der Waals surface area contributed by atoms with Crippen molar-refractivity contribution in [1.29, 1.82) is 0 Å². The fraction of sp³-hybridized carbons (Fsp3) is 0.444. The van der Waals surface area contributed by atoms with Crippen LogP contribution in [0.2, 0.25) is 0 Å². The van der Waals surface area contributed by atoms with Gasteiger partial charge in [0.25, 0.3) is 0 Å². The highest BCUT2D eigenvalue weighted by molar-refractivity contribution is 5.43. The molecule has 2 heterocycles. The maximum atomic E-state index is 5.93. The van der Waals surface area contributed by atoms with Crippen LogP contribution in [0.5, 0.6) is 17.6 Å². The van der Waals surface area contributed by atoms with E-state index in [4.69, 9.17) is 18.9 Å². The van der Waals surface area contributed by atoms with Gasteiger partial charge in [0.1, 0.15) is 11.6 Å². The zero-order valence-corrected chi connectivity index (χ0v) is 14.8. The van der Waals surface area contributed by atoms with E-state index in [1.807, 2.05) is 24.3 Å². The molecule has 0 bridgehead atoms. The second-order valence-electron chi connectivity index (χ2n) is 5.75. The van der Waals surface area contributed by atoms with E-state index >= 15 is 0 Å². The number of hydrogen-bond donors (Lipinski definition) is 0. The highest BCUT2D eigenvalue weighted by Gasteiger charge is 2.23. The third-order valence-corrected chi connectivity index (χ3v) is 4.12. The van der Waals surface area contributed by atoms with Crippen molar-refractivity contribution in [2.45, 2.75) is 12.5 Å². The summed E-state index contributed by atoms with van der Waals surface area (Å²) in [7, 11) is 4.80. The molecule has 1 aromatic carbocycles. The molecule has 1 saturated heterocycles. The molecule has 25 heavy (non-hydrogen) atoms. The van der Waals surface area contributed by atoms with Crippen LogP contribution in [0, 0.1) is 0 Å². The van der Waals surface area contributed by atoms with Gasteiger partial charge in [0.15, 0.2) is 0 Å². The monoisotopic (exact) mass is 345 g/mol. The van der Waals surface area contributed by atoms with Crippen LogP contribution in [0.4, 0.5) is 5.82 Å². The Morgan fingerprint density at radius 3 is 2.76 bits per heavy atom. The molecule has 0 aliphatic carbocycles. The number of benzene rings is 1. The van der Waals surface area contributed by atoms with Gasteiger partial charge in [-0.15, -0.1) is 0 Å².